The third-order valence-electron chi connectivity index (χ3n) is 3.14. The highest BCUT2D eigenvalue weighted by Crippen LogP contribution is 2.13. The summed E-state index contributed by atoms with van der Waals surface area (Å²) in [5, 5.41) is 11.4. The molecule has 2 aliphatic heterocycles. The third-order valence-corrected chi connectivity index (χ3v) is 3.14. The van der Waals surface area contributed by atoms with Gasteiger partial charge in [-0.3, -0.25) is 19.9 Å². The van der Waals surface area contributed by atoms with Crippen molar-refractivity contribution in [2.75, 3.05) is 19.6 Å². The Bertz CT molecular complexity index is 348. The number of guanidine groups is 1. The molecule has 0 aromatic carbocycles. The summed E-state index contributed by atoms with van der Waals surface area (Å²) < 4.78 is 0. The van der Waals surface area contributed by atoms with Crippen molar-refractivity contribution in [1.29, 1.82) is 0 Å². The van der Waals surface area contributed by atoms with Gasteiger partial charge in [-0.25, -0.2) is 0 Å². The van der Waals surface area contributed by atoms with E-state index in [2.05, 4.69) is 15.2 Å². The van der Waals surface area contributed by atoms with E-state index in [0.29, 0.717) is 5.96 Å². The number of amides is 1. The largest absolute Gasteiger partial charge is 0.481 e. The lowest BCUT2D eigenvalue weighted by atomic mass is 10.0. The number of carboxylic acids is 1. The number of likely N-dealkylation sites (tertiary alicyclic amines) is 1. The van der Waals surface area contributed by atoms with E-state index < -0.39 is 11.9 Å². The van der Waals surface area contributed by atoms with Crippen molar-refractivity contribution in [2.24, 2.45) is 10.9 Å². The predicted molar refractivity (Wildman–Crippen MR) is 61.6 cm³/mol. The van der Waals surface area contributed by atoms with E-state index in [1.165, 1.54) is 6.42 Å². The average Bonchev–Trinajstić information content (AvgIpc) is 2.32. The predicted octanol–water partition coefficient (Wildman–Crippen LogP) is 0.0490. The molecule has 1 fully saturated rings. The van der Waals surface area contributed by atoms with Gasteiger partial charge in [0.05, 0.1) is 18.9 Å². The fraction of sp³-hybridized carbons (Fsp3) is 0.727. The maximum absolute atomic E-state index is 11.7. The van der Waals surface area contributed by atoms with E-state index in [4.69, 9.17) is 5.11 Å². The highest BCUT2D eigenvalue weighted by Gasteiger charge is 2.28. The van der Waals surface area contributed by atoms with Crippen molar-refractivity contribution in [3.63, 3.8) is 0 Å². The maximum atomic E-state index is 11.7. The van der Waals surface area contributed by atoms with Crippen LogP contribution in [-0.2, 0) is 9.59 Å². The number of piperidine rings is 1. The van der Waals surface area contributed by atoms with E-state index in [1.807, 2.05) is 0 Å². The molecule has 2 N–H and O–H groups in total. The average molecular weight is 239 g/mol. The number of hydrogen-bond acceptors (Lipinski definition) is 4. The molecule has 0 radical (unpaired) electrons. The first-order chi connectivity index (χ1) is 8.16. The van der Waals surface area contributed by atoms with Crippen molar-refractivity contribution in [3.05, 3.63) is 0 Å². The van der Waals surface area contributed by atoms with Crippen molar-refractivity contribution >= 4 is 17.8 Å². The summed E-state index contributed by atoms with van der Waals surface area (Å²) in [6.45, 7) is 2.12. The zero-order chi connectivity index (χ0) is 12.3. The van der Waals surface area contributed by atoms with Crippen LogP contribution in [0.5, 0.6) is 0 Å². The monoisotopic (exact) mass is 239 g/mol. The standard InChI is InChI=1S/C11H17N3O3/c15-9(16)6-8-7-12-11(13-10(8)17)14-4-2-1-3-5-14/h8H,1-7H2,(H,15,16)(H,12,13,17). The molecule has 2 heterocycles. The second-order valence-electron chi connectivity index (χ2n) is 4.50. The van der Waals surface area contributed by atoms with Crippen LogP contribution < -0.4 is 5.32 Å². The molecule has 0 bridgehead atoms. The maximum Gasteiger partial charge on any atom is 0.304 e. The molecule has 1 unspecified atom stereocenters. The molecule has 2 aliphatic rings. The van der Waals surface area contributed by atoms with Crippen LogP contribution in [0.3, 0.4) is 0 Å². The van der Waals surface area contributed by atoms with E-state index in [-0.39, 0.29) is 18.9 Å². The summed E-state index contributed by atoms with van der Waals surface area (Å²) in [7, 11) is 0. The first kappa shape index (κ1) is 11.9. The molecule has 6 heteroatoms. The molecule has 1 amide bonds. The number of rotatable bonds is 2. The quantitative estimate of drug-likeness (QED) is 0.713. The third kappa shape index (κ3) is 2.95. The number of carbonyl (C=O) groups excluding carboxylic acids is 1. The Labute approximate surface area is 99.7 Å². The Kier molecular flexibility index (Phi) is 3.61. The van der Waals surface area contributed by atoms with Gasteiger partial charge in [0.15, 0.2) is 0 Å². The fourth-order valence-electron chi connectivity index (χ4n) is 2.18. The lowest BCUT2D eigenvalue weighted by molar-refractivity contribution is -0.140. The Morgan fingerprint density at radius 3 is 2.71 bits per heavy atom. The van der Waals surface area contributed by atoms with E-state index in [0.717, 1.165) is 25.9 Å². The fourth-order valence-corrected chi connectivity index (χ4v) is 2.18. The molecule has 6 nitrogen and oxygen atoms in total. The van der Waals surface area contributed by atoms with Gasteiger partial charge in [-0.05, 0) is 19.3 Å². The highest BCUT2D eigenvalue weighted by atomic mass is 16.4. The van der Waals surface area contributed by atoms with Gasteiger partial charge in [0.25, 0.3) is 0 Å². The van der Waals surface area contributed by atoms with Crippen molar-refractivity contribution in [3.8, 4) is 0 Å². The lowest BCUT2D eigenvalue weighted by Gasteiger charge is -2.32. The Balaban J connectivity index is 1.96. The second kappa shape index (κ2) is 5.16. The number of nitrogens with zero attached hydrogens (tertiary/aromatic N) is 2. The summed E-state index contributed by atoms with van der Waals surface area (Å²) in [5.41, 5.74) is 0. The van der Waals surface area contributed by atoms with Crippen molar-refractivity contribution in [1.82, 2.24) is 10.2 Å². The Morgan fingerprint density at radius 2 is 2.12 bits per heavy atom. The summed E-state index contributed by atoms with van der Waals surface area (Å²) in [5.74, 6) is -1.08. The van der Waals surface area contributed by atoms with E-state index in [1.54, 1.807) is 0 Å². The van der Waals surface area contributed by atoms with Crippen molar-refractivity contribution in [2.45, 2.75) is 25.7 Å². The topological polar surface area (TPSA) is 82.0 Å². The van der Waals surface area contributed by atoms with Crippen LogP contribution in [0.25, 0.3) is 0 Å². The first-order valence-corrected chi connectivity index (χ1v) is 5.99. The molecular formula is C11H17N3O3. The minimum atomic E-state index is -0.957. The molecule has 0 saturated carbocycles. The van der Waals surface area contributed by atoms with Gasteiger partial charge < -0.3 is 10.0 Å². The molecule has 2 rings (SSSR count). The molecule has 0 aromatic heterocycles. The van der Waals surface area contributed by atoms with Gasteiger partial charge >= 0.3 is 5.97 Å². The smallest absolute Gasteiger partial charge is 0.304 e. The number of aliphatic carboxylic acids is 1. The SMILES string of the molecule is O=C(O)CC1CN=C(N2CCCCC2)NC1=O. The van der Waals surface area contributed by atoms with Crippen LogP contribution in [0.1, 0.15) is 25.7 Å². The first-order valence-electron chi connectivity index (χ1n) is 5.99. The van der Waals surface area contributed by atoms with Crippen LogP contribution in [0, 0.1) is 5.92 Å². The minimum absolute atomic E-state index is 0.150. The minimum Gasteiger partial charge on any atom is -0.481 e. The van der Waals surface area contributed by atoms with Gasteiger partial charge in [0, 0.05) is 13.1 Å². The van der Waals surface area contributed by atoms with Crippen LogP contribution in [0.4, 0.5) is 0 Å². The van der Waals surface area contributed by atoms with Crippen LogP contribution in [-0.4, -0.2) is 47.5 Å². The summed E-state index contributed by atoms with van der Waals surface area (Å²) in [6, 6.07) is 0. The second-order valence-corrected chi connectivity index (χ2v) is 4.50. The van der Waals surface area contributed by atoms with Gasteiger partial charge in [-0.15, -0.1) is 0 Å². The number of hydrogen-bond donors (Lipinski definition) is 2. The summed E-state index contributed by atoms with van der Waals surface area (Å²) in [6.07, 6.45) is 3.31. The number of carboxylic acid groups (broad SMARTS) is 1. The van der Waals surface area contributed by atoms with E-state index in [9.17, 15) is 9.59 Å². The number of aliphatic imine (C=N–C) groups is 1. The molecule has 1 atom stereocenters. The normalized spacial score (nSPS) is 25.2. The molecule has 1 saturated heterocycles. The lowest BCUT2D eigenvalue weighted by Crippen LogP contribution is -2.51. The molecular weight excluding hydrogens is 222 g/mol. The van der Waals surface area contributed by atoms with Crippen molar-refractivity contribution < 1.29 is 14.7 Å². The number of nitrogens with one attached hydrogen (secondary N) is 1. The molecule has 94 valence electrons. The molecule has 17 heavy (non-hydrogen) atoms. The van der Waals surface area contributed by atoms with Crippen LogP contribution in [0.15, 0.2) is 4.99 Å². The van der Waals surface area contributed by atoms with Gasteiger partial charge in [0.1, 0.15) is 0 Å². The zero-order valence-corrected chi connectivity index (χ0v) is 9.69. The van der Waals surface area contributed by atoms with Crippen LogP contribution >= 0.6 is 0 Å². The Morgan fingerprint density at radius 1 is 1.41 bits per heavy atom. The Hall–Kier alpha value is -1.59. The molecule has 0 aromatic rings. The van der Waals surface area contributed by atoms with Crippen LogP contribution in [0.2, 0.25) is 0 Å². The van der Waals surface area contributed by atoms with Gasteiger partial charge in [-0.1, -0.05) is 0 Å². The highest BCUT2D eigenvalue weighted by molar-refractivity contribution is 6.00. The number of carbonyl (C=O) groups is 2. The van der Waals surface area contributed by atoms with Gasteiger partial charge in [-0.2, -0.15) is 0 Å². The molecule has 0 spiro atoms. The summed E-state index contributed by atoms with van der Waals surface area (Å²) in [4.78, 5) is 28.6. The summed E-state index contributed by atoms with van der Waals surface area (Å²) >= 11 is 0. The molecule has 0 aliphatic carbocycles. The van der Waals surface area contributed by atoms with Gasteiger partial charge in [0.2, 0.25) is 11.9 Å². The van der Waals surface area contributed by atoms with E-state index >= 15 is 0 Å². The zero-order valence-electron chi connectivity index (χ0n) is 9.69.